The molecular formula is C21H24FN3O2. The van der Waals surface area contributed by atoms with Crippen LogP contribution >= 0.6 is 0 Å². The van der Waals surface area contributed by atoms with Gasteiger partial charge in [-0.25, -0.2) is 9.18 Å². The van der Waals surface area contributed by atoms with Crippen molar-refractivity contribution in [3.63, 3.8) is 0 Å². The topological polar surface area (TPSA) is 53.9 Å². The zero-order chi connectivity index (χ0) is 19.2. The Morgan fingerprint density at radius 1 is 1.15 bits per heavy atom. The second kappa shape index (κ2) is 8.66. The number of halogens is 1. The van der Waals surface area contributed by atoms with E-state index in [-0.39, 0.29) is 17.9 Å². The Bertz CT molecular complexity index is 810. The van der Waals surface area contributed by atoms with Crippen LogP contribution in [0, 0.1) is 5.82 Å². The van der Waals surface area contributed by atoms with Gasteiger partial charge in [0.1, 0.15) is 12.9 Å². The average molecular weight is 369 g/mol. The third kappa shape index (κ3) is 4.84. The van der Waals surface area contributed by atoms with Gasteiger partial charge in [-0.2, -0.15) is 0 Å². The van der Waals surface area contributed by atoms with Gasteiger partial charge in [0.2, 0.25) is 0 Å². The van der Waals surface area contributed by atoms with E-state index in [4.69, 9.17) is 4.84 Å². The van der Waals surface area contributed by atoms with Crippen LogP contribution in [0.15, 0.2) is 53.7 Å². The van der Waals surface area contributed by atoms with Crippen LogP contribution in [0.4, 0.5) is 14.9 Å². The number of carbonyl (C=O) groups is 1. The number of nitrogens with one attached hydrogen (secondary N) is 1. The Morgan fingerprint density at radius 2 is 1.85 bits per heavy atom. The summed E-state index contributed by atoms with van der Waals surface area (Å²) in [5.74, 6) is -0.266. The van der Waals surface area contributed by atoms with Crippen LogP contribution < -0.4 is 5.32 Å². The van der Waals surface area contributed by atoms with E-state index < -0.39 is 0 Å². The number of oxime groups is 1. The largest absolute Gasteiger partial charge is 0.399 e. The Morgan fingerprint density at radius 3 is 2.48 bits per heavy atom. The molecule has 0 saturated heterocycles. The van der Waals surface area contributed by atoms with Gasteiger partial charge in [-0.05, 0) is 61.1 Å². The van der Waals surface area contributed by atoms with Crippen molar-refractivity contribution in [1.82, 2.24) is 4.90 Å². The lowest BCUT2D eigenvalue weighted by Gasteiger charge is -2.31. The van der Waals surface area contributed by atoms with Gasteiger partial charge in [-0.1, -0.05) is 29.4 Å². The van der Waals surface area contributed by atoms with Crippen molar-refractivity contribution in [3.05, 3.63) is 54.3 Å². The standard InChI is InChI=1S/C21H24FN3O2/c1-25(20-12-10-19(11-13-20)24-27-2)21(26)23-18-8-6-15(7-9-18)16-4-3-5-17(22)14-16/h3-9,14,20H,10-13H2,1-2H3,(H,23,26). The second-order valence-electron chi connectivity index (χ2n) is 6.70. The normalized spacial score (nSPS) is 16.6. The minimum Gasteiger partial charge on any atom is -0.399 e. The maximum absolute atomic E-state index is 13.4. The van der Waals surface area contributed by atoms with Crippen molar-refractivity contribution >= 4 is 17.4 Å². The first-order chi connectivity index (χ1) is 13.1. The van der Waals surface area contributed by atoms with Gasteiger partial charge in [0, 0.05) is 18.8 Å². The molecule has 3 rings (SSSR count). The van der Waals surface area contributed by atoms with E-state index in [9.17, 15) is 9.18 Å². The highest BCUT2D eigenvalue weighted by Crippen LogP contribution is 2.24. The van der Waals surface area contributed by atoms with Gasteiger partial charge in [0.05, 0.1) is 5.71 Å². The van der Waals surface area contributed by atoms with Crippen LogP contribution in [0.5, 0.6) is 0 Å². The van der Waals surface area contributed by atoms with Crippen molar-refractivity contribution in [2.45, 2.75) is 31.7 Å². The molecule has 1 aliphatic rings. The second-order valence-corrected chi connectivity index (χ2v) is 6.70. The molecule has 0 aliphatic heterocycles. The lowest BCUT2D eigenvalue weighted by molar-refractivity contribution is 0.191. The number of benzene rings is 2. The molecule has 0 heterocycles. The Kier molecular flexibility index (Phi) is 6.06. The predicted octanol–water partition coefficient (Wildman–Crippen LogP) is 4.90. The number of carbonyl (C=O) groups excluding carboxylic acids is 1. The summed E-state index contributed by atoms with van der Waals surface area (Å²) in [5, 5.41) is 6.93. The maximum Gasteiger partial charge on any atom is 0.321 e. The van der Waals surface area contributed by atoms with Crippen LogP contribution in [-0.4, -0.2) is 36.8 Å². The fourth-order valence-corrected chi connectivity index (χ4v) is 3.33. The first kappa shape index (κ1) is 18.9. The molecule has 0 aromatic heterocycles. The van der Waals surface area contributed by atoms with Crippen LogP contribution in [0.1, 0.15) is 25.7 Å². The lowest BCUT2D eigenvalue weighted by atomic mass is 9.93. The fraction of sp³-hybridized carbons (Fsp3) is 0.333. The van der Waals surface area contributed by atoms with Gasteiger partial charge in [-0.15, -0.1) is 0 Å². The molecule has 1 aliphatic carbocycles. The van der Waals surface area contributed by atoms with E-state index in [0.29, 0.717) is 5.69 Å². The fourth-order valence-electron chi connectivity index (χ4n) is 3.33. The van der Waals surface area contributed by atoms with Gasteiger partial charge in [0.15, 0.2) is 0 Å². The van der Waals surface area contributed by atoms with E-state index in [1.807, 2.05) is 37.4 Å². The van der Waals surface area contributed by atoms with Crippen LogP contribution in [-0.2, 0) is 4.84 Å². The molecule has 0 radical (unpaired) electrons. The highest BCUT2D eigenvalue weighted by molar-refractivity contribution is 5.90. The predicted molar refractivity (Wildman–Crippen MR) is 105 cm³/mol. The van der Waals surface area contributed by atoms with Crippen LogP contribution in [0.2, 0.25) is 0 Å². The molecule has 2 amide bonds. The van der Waals surface area contributed by atoms with E-state index in [1.54, 1.807) is 18.1 Å². The van der Waals surface area contributed by atoms with Gasteiger partial charge < -0.3 is 15.1 Å². The molecule has 27 heavy (non-hydrogen) atoms. The molecule has 2 aromatic carbocycles. The van der Waals surface area contributed by atoms with Crippen molar-refractivity contribution in [3.8, 4) is 11.1 Å². The summed E-state index contributed by atoms with van der Waals surface area (Å²) in [5.41, 5.74) is 3.47. The highest BCUT2D eigenvalue weighted by Gasteiger charge is 2.24. The summed E-state index contributed by atoms with van der Waals surface area (Å²) in [6.45, 7) is 0. The van der Waals surface area contributed by atoms with Crippen molar-refractivity contribution in [2.75, 3.05) is 19.5 Å². The maximum atomic E-state index is 13.4. The first-order valence-corrected chi connectivity index (χ1v) is 9.05. The molecule has 1 saturated carbocycles. The highest BCUT2D eigenvalue weighted by atomic mass is 19.1. The molecular weight excluding hydrogens is 345 g/mol. The third-order valence-electron chi connectivity index (χ3n) is 4.91. The Hall–Kier alpha value is -2.89. The molecule has 2 aromatic rings. The monoisotopic (exact) mass is 369 g/mol. The number of anilines is 1. The van der Waals surface area contributed by atoms with Crippen molar-refractivity contribution in [1.29, 1.82) is 0 Å². The molecule has 0 atom stereocenters. The zero-order valence-corrected chi connectivity index (χ0v) is 15.6. The quantitative estimate of drug-likeness (QED) is 0.779. The average Bonchev–Trinajstić information content (AvgIpc) is 2.69. The molecule has 0 unspecified atom stereocenters. The molecule has 5 nitrogen and oxygen atoms in total. The molecule has 0 bridgehead atoms. The summed E-state index contributed by atoms with van der Waals surface area (Å²) in [7, 11) is 3.37. The van der Waals surface area contributed by atoms with E-state index in [2.05, 4.69) is 10.5 Å². The number of nitrogens with zero attached hydrogens (tertiary/aromatic N) is 2. The van der Waals surface area contributed by atoms with Crippen LogP contribution in [0.3, 0.4) is 0 Å². The number of amides is 2. The molecule has 6 heteroatoms. The van der Waals surface area contributed by atoms with Crippen LogP contribution in [0.25, 0.3) is 11.1 Å². The first-order valence-electron chi connectivity index (χ1n) is 9.05. The minimum atomic E-state index is -0.266. The smallest absolute Gasteiger partial charge is 0.321 e. The van der Waals surface area contributed by atoms with Gasteiger partial charge >= 0.3 is 6.03 Å². The van der Waals surface area contributed by atoms with Crippen molar-refractivity contribution in [2.24, 2.45) is 5.16 Å². The number of hydrogen-bond acceptors (Lipinski definition) is 3. The van der Waals surface area contributed by atoms with Gasteiger partial charge in [-0.3, -0.25) is 0 Å². The molecule has 0 spiro atoms. The Balaban J connectivity index is 1.58. The molecule has 1 N–H and O–H groups in total. The van der Waals surface area contributed by atoms with E-state index >= 15 is 0 Å². The van der Waals surface area contributed by atoms with Gasteiger partial charge in [0.25, 0.3) is 0 Å². The lowest BCUT2D eigenvalue weighted by Crippen LogP contribution is -2.42. The van der Waals surface area contributed by atoms with E-state index in [1.165, 1.54) is 12.1 Å². The summed E-state index contributed by atoms with van der Waals surface area (Å²) in [4.78, 5) is 19.1. The SMILES string of the molecule is CON=C1CCC(N(C)C(=O)Nc2ccc(-c3cccc(F)c3)cc2)CC1. The zero-order valence-electron chi connectivity index (χ0n) is 15.6. The molecule has 142 valence electrons. The summed E-state index contributed by atoms with van der Waals surface area (Å²) in [6, 6.07) is 13.9. The number of rotatable bonds is 4. The number of urea groups is 1. The van der Waals surface area contributed by atoms with Crippen molar-refractivity contribution < 1.29 is 14.0 Å². The third-order valence-corrected chi connectivity index (χ3v) is 4.91. The Labute approximate surface area is 158 Å². The molecule has 1 fully saturated rings. The summed E-state index contributed by atoms with van der Waals surface area (Å²) >= 11 is 0. The number of hydrogen-bond donors (Lipinski definition) is 1. The minimum absolute atomic E-state index is 0.134. The summed E-state index contributed by atoms with van der Waals surface area (Å²) in [6.07, 6.45) is 3.45. The van der Waals surface area contributed by atoms with E-state index in [0.717, 1.165) is 42.5 Å². The summed E-state index contributed by atoms with van der Waals surface area (Å²) < 4.78 is 13.4.